The van der Waals surface area contributed by atoms with Crippen molar-refractivity contribution in [1.29, 1.82) is 0 Å². The van der Waals surface area contributed by atoms with Crippen molar-refractivity contribution in [3.05, 3.63) is 23.8 Å². The maximum absolute atomic E-state index is 5.43. The summed E-state index contributed by atoms with van der Waals surface area (Å²) in [5.74, 6) is 3.69. The average Bonchev–Trinajstić information content (AvgIpc) is 3.25. The highest BCUT2D eigenvalue weighted by Crippen LogP contribution is 2.46. The van der Waals surface area contributed by atoms with E-state index in [2.05, 4.69) is 21.9 Å². The van der Waals surface area contributed by atoms with E-state index >= 15 is 0 Å². The molecule has 0 N–H and O–H groups in total. The molecule has 0 spiro atoms. The van der Waals surface area contributed by atoms with Crippen LogP contribution in [0.2, 0.25) is 0 Å². The van der Waals surface area contributed by atoms with Crippen LogP contribution in [0, 0.1) is 11.8 Å². The van der Waals surface area contributed by atoms with Gasteiger partial charge >= 0.3 is 0 Å². The maximum Gasteiger partial charge on any atom is 0.161 e. The molecule has 2 saturated carbocycles. The number of nitrogens with zero attached hydrogens (tertiary/aromatic N) is 2. The molecule has 1 aliphatic heterocycles. The van der Waals surface area contributed by atoms with Crippen LogP contribution >= 0.6 is 0 Å². The van der Waals surface area contributed by atoms with Crippen molar-refractivity contribution in [2.45, 2.75) is 38.3 Å². The Morgan fingerprint density at radius 3 is 2.38 bits per heavy atom. The number of rotatable bonds is 5. The van der Waals surface area contributed by atoms with Gasteiger partial charge in [-0.05, 0) is 48.8 Å². The lowest BCUT2D eigenvalue weighted by Crippen LogP contribution is -2.51. The van der Waals surface area contributed by atoms with Crippen LogP contribution < -0.4 is 9.47 Å². The number of benzene rings is 1. The molecule has 4 rings (SSSR count). The lowest BCUT2D eigenvalue weighted by Gasteiger charge is -2.41. The standard InChI is InChI=1S/C20H30N2O2/c1-23-19-6-4-16(13-20(19)24-2)14-21-7-9-22(10-8-21)18-12-15-3-5-17(18)11-15/h4,6,13,15,17-18H,3,5,7-12,14H2,1-2H3/t15-,17-,18+/m0/s1. The fourth-order valence-electron chi connectivity index (χ4n) is 5.15. The normalized spacial score (nSPS) is 30.7. The predicted octanol–water partition coefficient (Wildman–Crippen LogP) is 3.01. The lowest BCUT2D eigenvalue weighted by molar-refractivity contribution is 0.0679. The van der Waals surface area contributed by atoms with Crippen LogP contribution in [-0.2, 0) is 6.54 Å². The monoisotopic (exact) mass is 330 g/mol. The zero-order valence-corrected chi connectivity index (χ0v) is 15.0. The largest absolute Gasteiger partial charge is 0.493 e. The fourth-order valence-corrected chi connectivity index (χ4v) is 5.15. The number of fused-ring (bicyclic) bond motifs is 2. The Morgan fingerprint density at radius 1 is 0.958 bits per heavy atom. The Morgan fingerprint density at radius 2 is 1.75 bits per heavy atom. The van der Waals surface area contributed by atoms with Crippen molar-refractivity contribution >= 4 is 0 Å². The van der Waals surface area contributed by atoms with Crippen LogP contribution in [0.25, 0.3) is 0 Å². The van der Waals surface area contributed by atoms with Gasteiger partial charge in [-0.15, -0.1) is 0 Å². The van der Waals surface area contributed by atoms with Gasteiger partial charge in [0.25, 0.3) is 0 Å². The summed E-state index contributed by atoms with van der Waals surface area (Å²) in [6.07, 6.45) is 5.97. The molecule has 3 fully saturated rings. The molecular weight excluding hydrogens is 300 g/mol. The third-order valence-corrected chi connectivity index (χ3v) is 6.43. The highest BCUT2D eigenvalue weighted by molar-refractivity contribution is 5.42. The van der Waals surface area contributed by atoms with Crippen LogP contribution in [0.1, 0.15) is 31.2 Å². The van der Waals surface area contributed by atoms with E-state index in [0.717, 1.165) is 35.9 Å². The first kappa shape index (κ1) is 16.2. The lowest BCUT2D eigenvalue weighted by atomic mass is 9.93. The molecule has 1 heterocycles. The van der Waals surface area contributed by atoms with Gasteiger partial charge in [-0.2, -0.15) is 0 Å². The van der Waals surface area contributed by atoms with E-state index in [4.69, 9.17) is 9.47 Å². The third kappa shape index (κ3) is 3.14. The van der Waals surface area contributed by atoms with Crippen molar-refractivity contribution in [1.82, 2.24) is 9.80 Å². The second kappa shape index (κ2) is 6.93. The number of methoxy groups -OCH3 is 2. The van der Waals surface area contributed by atoms with Crippen LogP contribution in [0.5, 0.6) is 11.5 Å². The summed E-state index contributed by atoms with van der Waals surface area (Å²) in [5, 5.41) is 0. The van der Waals surface area contributed by atoms with Crippen LogP contribution in [0.15, 0.2) is 18.2 Å². The number of hydrogen-bond acceptors (Lipinski definition) is 4. The molecule has 0 aromatic heterocycles. The van der Waals surface area contributed by atoms with Crippen molar-refractivity contribution in [2.75, 3.05) is 40.4 Å². The first-order valence-electron chi connectivity index (χ1n) is 9.44. The van der Waals surface area contributed by atoms with Crippen molar-refractivity contribution in [2.24, 2.45) is 11.8 Å². The molecule has 4 nitrogen and oxygen atoms in total. The minimum Gasteiger partial charge on any atom is -0.493 e. The van der Waals surface area contributed by atoms with Crippen molar-refractivity contribution in [3.63, 3.8) is 0 Å². The second-order valence-electron chi connectivity index (χ2n) is 7.74. The minimum atomic E-state index is 0.808. The predicted molar refractivity (Wildman–Crippen MR) is 95.6 cm³/mol. The molecule has 3 atom stereocenters. The first-order valence-corrected chi connectivity index (χ1v) is 9.44. The second-order valence-corrected chi connectivity index (χ2v) is 7.74. The van der Waals surface area contributed by atoms with Gasteiger partial charge in [-0.3, -0.25) is 9.80 Å². The average molecular weight is 330 g/mol. The van der Waals surface area contributed by atoms with E-state index in [1.165, 1.54) is 57.4 Å². The van der Waals surface area contributed by atoms with Gasteiger partial charge in [0, 0.05) is 38.8 Å². The van der Waals surface area contributed by atoms with Gasteiger partial charge in [0.05, 0.1) is 14.2 Å². The molecule has 4 heteroatoms. The number of hydrogen-bond donors (Lipinski definition) is 0. The highest BCUT2D eigenvalue weighted by Gasteiger charge is 2.42. The smallest absolute Gasteiger partial charge is 0.161 e. The molecule has 1 saturated heterocycles. The van der Waals surface area contributed by atoms with Crippen LogP contribution in [0.4, 0.5) is 0 Å². The number of ether oxygens (including phenoxy) is 2. The van der Waals surface area contributed by atoms with Gasteiger partial charge in [-0.1, -0.05) is 12.5 Å². The molecular formula is C20H30N2O2. The molecule has 1 aromatic rings. The Labute approximate surface area is 145 Å². The quantitative estimate of drug-likeness (QED) is 0.828. The minimum absolute atomic E-state index is 0.808. The summed E-state index contributed by atoms with van der Waals surface area (Å²) in [4.78, 5) is 5.36. The Balaban J connectivity index is 1.32. The first-order chi connectivity index (χ1) is 11.8. The molecule has 24 heavy (non-hydrogen) atoms. The van der Waals surface area contributed by atoms with E-state index in [-0.39, 0.29) is 0 Å². The molecule has 3 aliphatic rings. The third-order valence-electron chi connectivity index (χ3n) is 6.43. The summed E-state index contributed by atoms with van der Waals surface area (Å²) >= 11 is 0. The Kier molecular flexibility index (Phi) is 4.68. The van der Waals surface area contributed by atoms with E-state index < -0.39 is 0 Å². The van der Waals surface area contributed by atoms with Crippen molar-refractivity contribution in [3.8, 4) is 11.5 Å². The molecule has 0 amide bonds. The SMILES string of the molecule is COc1ccc(CN2CCN([C@@H]3C[C@H]4CC[C@H]3C4)CC2)cc1OC. The fraction of sp³-hybridized carbons (Fsp3) is 0.700. The Hall–Kier alpha value is -1.26. The van der Waals surface area contributed by atoms with Crippen LogP contribution in [-0.4, -0.2) is 56.2 Å². The molecule has 132 valence electrons. The molecule has 2 bridgehead atoms. The molecule has 1 aromatic carbocycles. The van der Waals surface area contributed by atoms with Crippen LogP contribution in [0.3, 0.4) is 0 Å². The summed E-state index contributed by atoms with van der Waals surface area (Å²) in [7, 11) is 3.39. The van der Waals surface area contributed by atoms with Gasteiger partial charge in [0.15, 0.2) is 11.5 Å². The Bertz CT molecular complexity index is 569. The van der Waals surface area contributed by atoms with E-state index in [9.17, 15) is 0 Å². The zero-order valence-electron chi connectivity index (χ0n) is 15.0. The van der Waals surface area contributed by atoms with E-state index in [1.807, 2.05) is 6.07 Å². The maximum atomic E-state index is 5.43. The number of piperazine rings is 1. The molecule has 0 radical (unpaired) electrons. The summed E-state index contributed by atoms with van der Waals surface area (Å²) in [6, 6.07) is 7.18. The van der Waals surface area contributed by atoms with E-state index in [1.54, 1.807) is 14.2 Å². The molecule has 2 aliphatic carbocycles. The van der Waals surface area contributed by atoms with Gasteiger partial charge in [0.2, 0.25) is 0 Å². The highest BCUT2D eigenvalue weighted by atomic mass is 16.5. The summed E-state index contributed by atoms with van der Waals surface area (Å²) in [6.45, 7) is 5.84. The topological polar surface area (TPSA) is 24.9 Å². The summed E-state index contributed by atoms with van der Waals surface area (Å²) in [5.41, 5.74) is 1.31. The van der Waals surface area contributed by atoms with Gasteiger partial charge in [0.1, 0.15) is 0 Å². The van der Waals surface area contributed by atoms with E-state index in [0.29, 0.717) is 0 Å². The molecule has 0 unspecified atom stereocenters. The summed E-state index contributed by atoms with van der Waals surface area (Å²) < 4.78 is 10.8. The van der Waals surface area contributed by atoms with Crippen molar-refractivity contribution < 1.29 is 9.47 Å². The van der Waals surface area contributed by atoms with Gasteiger partial charge in [-0.25, -0.2) is 0 Å². The zero-order chi connectivity index (χ0) is 16.5. The van der Waals surface area contributed by atoms with Gasteiger partial charge < -0.3 is 9.47 Å².